The van der Waals surface area contributed by atoms with E-state index in [9.17, 15) is 0 Å². The molecule has 1 heterocycles. The highest BCUT2D eigenvalue weighted by Gasteiger charge is 2.04. The van der Waals surface area contributed by atoms with E-state index in [-0.39, 0.29) is 6.04 Å². The highest BCUT2D eigenvalue weighted by molar-refractivity contribution is 7.17. The molecule has 1 N–H and O–H groups in total. The van der Waals surface area contributed by atoms with Gasteiger partial charge in [0.2, 0.25) is 0 Å². The number of nitriles is 1. The number of fused-ring (bicyclic) bond motifs is 1. The van der Waals surface area contributed by atoms with Crippen LogP contribution in [0, 0.1) is 11.3 Å². The molecule has 0 aliphatic heterocycles. The summed E-state index contributed by atoms with van der Waals surface area (Å²) in [4.78, 5) is 0. The van der Waals surface area contributed by atoms with Crippen molar-refractivity contribution in [1.82, 2.24) is 0 Å². The molecule has 0 radical (unpaired) electrons. The first-order valence-corrected chi connectivity index (χ1v) is 5.85. The molecule has 1 aromatic heterocycles. The number of rotatable bonds is 3. The molecular formula is C12H12N2S. The highest BCUT2D eigenvalue weighted by Crippen LogP contribution is 2.24. The average molecular weight is 216 g/mol. The van der Waals surface area contributed by atoms with Gasteiger partial charge in [0.1, 0.15) is 6.04 Å². The van der Waals surface area contributed by atoms with E-state index in [0.717, 1.165) is 12.1 Å². The Labute approximate surface area is 93.2 Å². The van der Waals surface area contributed by atoms with E-state index in [0.29, 0.717) is 0 Å². The predicted molar refractivity (Wildman–Crippen MR) is 65.1 cm³/mol. The lowest BCUT2D eigenvalue weighted by Gasteiger charge is -2.10. The molecule has 1 unspecified atom stereocenters. The van der Waals surface area contributed by atoms with Gasteiger partial charge in [-0.3, -0.25) is 0 Å². The van der Waals surface area contributed by atoms with Gasteiger partial charge in [-0.15, -0.1) is 11.3 Å². The largest absolute Gasteiger partial charge is 0.370 e. The van der Waals surface area contributed by atoms with E-state index >= 15 is 0 Å². The van der Waals surface area contributed by atoms with Gasteiger partial charge in [0.15, 0.2) is 0 Å². The Hall–Kier alpha value is -1.53. The van der Waals surface area contributed by atoms with E-state index in [1.54, 1.807) is 11.3 Å². The molecule has 2 aromatic rings. The molecule has 0 saturated heterocycles. The number of thiophene rings is 1. The maximum absolute atomic E-state index is 8.85. The summed E-state index contributed by atoms with van der Waals surface area (Å²) in [5.41, 5.74) is 1.02. The molecule has 3 heteroatoms. The minimum atomic E-state index is -0.0962. The van der Waals surface area contributed by atoms with Crippen LogP contribution < -0.4 is 5.32 Å². The zero-order chi connectivity index (χ0) is 10.7. The fourth-order valence-corrected chi connectivity index (χ4v) is 2.25. The highest BCUT2D eigenvalue weighted by atomic mass is 32.1. The van der Waals surface area contributed by atoms with Gasteiger partial charge >= 0.3 is 0 Å². The summed E-state index contributed by atoms with van der Waals surface area (Å²) >= 11 is 1.73. The minimum Gasteiger partial charge on any atom is -0.370 e. The van der Waals surface area contributed by atoms with Crippen molar-refractivity contribution in [3.8, 4) is 6.07 Å². The quantitative estimate of drug-likeness (QED) is 0.850. The lowest BCUT2D eigenvalue weighted by atomic mass is 10.2. The molecule has 0 amide bonds. The van der Waals surface area contributed by atoms with Crippen molar-refractivity contribution in [1.29, 1.82) is 5.26 Å². The van der Waals surface area contributed by atoms with Gasteiger partial charge in [-0.1, -0.05) is 6.92 Å². The van der Waals surface area contributed by atoms with Gasteiger partial charge < -0.3 is 5.32 Å². The van der Waals surface area contributed by atoms with E-state index in [2.05, 4.69) is 35.0 Å². The monoisotopic (exact) mass is 216 g/mol. The second-order valence-corrected chi connectivity index (χ2v) is 4.36. The summed E-state index contributed by atoms with van der Waals surface area (Å²) in [6.45, 7) is 2.00. The number of nitrogens with zero attached hydrogens (tertiary/aromatic N) is 1. The predicted octanol–water partition coefficient (Wildman–Crippen LogP) is 3.62. The van der Waals surface area contributed by atoms with Crippen molar-refractivity contribution in [2.24, 2.45) is 0 Å². The van der Waals surface area contributed by atoms with Crippen LogP contribution in [0.2, 0.25) is 0 Å². The summed E-state index contributed by atoms with van der Waals surface area (Å²) in [5, 5.41) is 15.4. The first kappa shape index (κ1) is 10.0. The van der Waals surface area contributed by atoms with Crippen LogP contribution in [0.1, 0.15) is 13.3 Å². The molecule has 15 heavy (non-hydrogen) atoms. The van der Waals surface area contributed by atoms with Crippen molar-refractivity contribution in [2.75, 3.05) is 5.32 Å². The van der Waals surface area contributed by atoms with Gasteiger partial charge in [-0.2, -0.15) is 5.26 Å². The Morgan fingerprint density at radius 1 is 1.47 bits per heavy atom. The molecule has 0 aliphatic rings. The summed E-state index contributed by atoms with van der Waals surface area (Å²) in [6, 6.07) is 10.4. The van der Waals surface area contributed by atoms with Crippen molar-refractivity contribution >= 4 is 27.1 Å². The van der Waals surface area contributed by atoms with E-state index in [1.807, 2.05) is 13.0 Å². The number of benzene rings is 1. The third-order valence-corrected chi connectivity index (χ3v) is 3.26. The third-order valence-electron chi connectivity index (χ3n) is 2.36. The van der Waals surface area contributed by atoms with Gasteiger partial charge in [-0.25, -0.2) is 0 Å². The lowest BCUT2D eigenvalue weighted by molar-refractivity contribution is 0.846. The number of anilines is 1. The molecule has 0 aliphatic carbocycles. The fraction of sp³-hybridized carbons (Fsp3) is 0.250. The zero-order valence-electron chi connectivity index (χ0n) is 8.53. The Morgan fingerprint density at radius 3 is 3.07 bits per heavy atom. The molecule has 2 nitrogen and oxygen atoms in total. The number of hydrogen-bond acceptors (Lipinski definition) is 3. The second-order valence-electron chi connectivity index (χ2n) is 3.41. The maximum Gasteiger partial charge on any atom is 0.114 e. The summed E-state index contributed by atoms with van der Waals surface area (Å²) in [5.74, 6) is 0. The van der Waals surface area contributed by atoms with Crippen LogP contribution in [0.25, 0.3) is 10.1 Å². The van der Waals surface area contributed by atoms with Crippen LogP contribution >= 0.6 is 11.3 Å². The summed E-state index contributed by atoms with van der Waals surface area (Å²) < 4.78 is 1.28. The molecular weight excluding hydrogens is 204 g/mol. The Morgan fingerprint density at radius 2 is 2.33 bits per heavy atom. The normalized spacial score (nSPS) is 12.3. The van der Waals surface area contributed by atoms with Gasteiger partial charge in [0.05, 0.1) is 6.07 Å². The van der Waals surface area contributed by atoms with Crippen LogP contribution in [-0.2, 0) is 0 Å². The van der Waals surface area contributed by atoms with Crippen molar-refractivity contribution < 1.29 is 0 Å². The van der Waals surface area contributed by atoms with Crippen LogP contribution in [0.4, 0.5) is 5.69 Å². The Bertz CT molecular complexity index is 496. The molecule has 0 fully saturated rings. The SMILES string of the molecule is CCC(C#N)Nc1ccc2sccc2c1. The van der Waals surface area contributed by atoms with Crippen molar-refractivity contribution in [2.45, 2.75) is 19.4 Å². The third kappa shape index (κ3) is 2.11. The number of hydrogen-bond donors (Lipinski definition) is 1. The van der Waals surface area contributed by atoms with E-state index in [4.69, 9.17) is 5.26 Å². The van der Waals surface area contributed by atoms with Crippen LogP contribution in [-0.4, -0.2) is 6.04 Å². The second kappa shape index (κ2) is 4.33. The molecule has 2 rings (SSSR count). The maximum atomic E-state index is 8.85. The van der Waals surface area contributed by atoms with Crippen molar-refractivity contribution in [3.05, 3.63) is 29.6 Å². The molecule has 0 spiro atoms. The summed E-state index contributed by atoms with van der Waals surface area (Å²) in [6.07, 6.45) is 0.818. The topological polar surface area (TPSA) is 35.8 Å². The standard InChI is InChI=1S/C12H12N2S/c1-2-10(8-13)14-11-3-4-12-9(7-11)5-6-15-12/h3-7,10,14H,2H2,1H3. The molecule has 0 saturated carbocycles. The lowest BCUT2D eigenvalue weighted by Crippen LogP contribution is -2.15. The van der Waals surface area contributed by atoms with Gasteiger partial charge in [-0.05, 0) is 41.5 Å². The van der Waals surface area contributed by atoms with Crippen molar-refractivity contribution in [3.63, 3.8) is 0 Å². The van der Waals surface area contributed by atoms with Crippen LogP contribution in [0.3, 0.4) is 0 Å². The zero-order valence-corrected chi connectivity index (χ0v) is 9.34. The first-order chi connectivity index (χ1) is 7.33. The van der Waals surface area contributed by atoms with Crippen LogP contribution in [0.5, 0.6) is 0 Å². The van der Waals surface area contributed by atoms with E-state index in [1.165, 1.54) is 10.1 Å². The number of nitrogens with one attached hydrogen (secondary N) is 1. The van der Waals surface area contributed by atoms with E-state index < -0.39 is 0 Å². The Balaban J connectivity index is 2.25. The minimum absolute atomic E-state index is 0.0962. The molecule has 76 valence electrons. The molecule has 1 atom stereocenters. The smallest absolute Gasteiger partial charge is 0.114 e. The average Bonchev–Trinajstić information content (AvgIpc) is 2.73. The molecule has 0 bridgehead atoms. The fourth-order valence-electron chi connectivity index (χ4n) is 1.48. The Kier molecular flexibility index (Phi) is 2.89. The van der Waals surface area contributed by atoms with Gasteiger partial charge in [0, 0.05) is 10.4 Å². The molecule has 1 aromatic carbocycles. The first-order valence-electron chi connectivity index (χ1n) is 4.97. The summed E-state index contributed by atoms with van der Waals surface area (Å²) in [7, 11) is 0. The van der Waals surface area contributed by atoms with Gasteiger partial charge in [0.25, 0.3) is 0 Å². The van der Waals surface area contributed by atoms with Crippen LogP contribution in [0.15, 0.2) is 29.6 Å².